The summed E-state index contributed by atoms with van der Waals surface area (Å²) in [5.41, 5.74) is 0.935. The molecule has 0 fully saturated rings. The molecule has 98 valence electrons. The normalized spacial score (nSPS) is 14.5. The van der Waals surface area contributed by atoms with Crippen LogP contribution in [0.1, 0.15) is 28.2 Å². The van der Waals surface area contributed by atoms with E-state index in [0.717, 1.165) is 29.9 Å². The average Bonchev–Trinajstić information content (AvgIpc) is 2.81. The highest BCUT2D eigenvalue weighted by atomic mass is 32.1. The van der Waals surface area contributed by atoms with E-state index in [1.54, 1.807) is 0 Å². The average molecular weight is 281 g/mol. The molecule has 6 heteroatoms. The molecule has 2 aromatic rings. The van der Waals surface area contributed by atoms with Crippen LogP contribution in [0.5, 0.6) is 5.75 Å². The Morgan fingerprint density at radius 1 is 1.21 bits per heavy atom. The van der Waals surface area contributed by atoms with Gasteiger partial charge in [0, 0.05) is 12.0 Å². The van der Waals surface area contributed by atoms with Crippen molar-refractivity contribution < 1.29 is 18.7 Å². The number of fused-ring (bicyclic) bond motifs is 1. The van der Waals surface area contributed by atoms with Gasteiger partial charge in [-0.3, -0.25) is 4.79 Å². The molecule has 0 amide bonds. The molecule has 1 aliphatic carbocycles. The number of carbonyl (C=O) groups is 1. The van der Waals surface area contributed by atoms with Crippen molar-refractivity contribution in [3.05, 3.63) is 34.3 Å². The lowest BCUT2D eigenvalue weighted by atomic mass is 10.0. The van der Waals surface area contributed by atoms with E-state index >= 15 is 0 Å². The molecule has 0 unspecified atom stereocenters. The van der Waals surface area contributed by atoms with Crippen molar-refractivity contribution in [3.8, 4) is 16.3 Å². The largest absolute Gasteiger partial charge is 0.503 e. The molecular weight excluding hydrogens is 272 g/mol. The smallest absolute Gasteiger partial charge is 0.187 e. The van der Waals surface area contributed by atoms with Crippen molar-refractivity contribution in [1.29, 1.82) is 0 Å². The van der Waals surface area contributed by atoms with E-state index in [2.05, 4.69) is 4.98 Å². The molecule has 3 rings (SSSR count). The number of rotatable bonds is 1. The first-order valence-corrected chi connectivity index (χ1v) is 6.59. The van der Waals surface area contributed by atoms with E-state index in [1.165, 1.54) is 0 Å². The van der Waals surface area contributed by atoms with Crippen LogP contribution in [0.2, 0.25) is 0 Å². The third-order valence-corrected chi connectivity index (χ3v) is 4.22. The van der Waals surface area contributed by atoms with Gasteiger partial charge in [-0.15, -0.1) is 11.3 Å². The van der Waals surface area contributed by atoms with Crippen molar-refractivity contribution in [2.45, 2.75) is 19.3 Å². The zero-order valence-corrected chi connectivity index (χ0v) is 10.6. The third kappa shape index (κ3) is 2.02. The summed E-state index contributed by atoms with van der Waals surface area (Å²) in [5, 5.41) is 9.46. The molecule has 3 nitrogen and oxygen atoms in total. The van der Waals surface area contributed by atoms with Crippen molar-refractivity contribution in [3.63, 3.8) is 0 Å². The number of hydrogen-bond acceptors (Lipinski definition) is 4. The topological polar surface area (TPSA) is 50.2 Å². The second-order valence-corrected chi connectivity index (χ2v) is 5.36. The van der Waals surface area contributed by atoms with Crippen molar-refractivity contribution in [2.24, 2.45) is 0 Å². The Bertz CT molecular complexity index is 658. The maximum absolute atomic E-state index is 13.3. The van der Waals surface area contributed by atoms with Gasteiger partial charge < -0.3 is 5.11 Å². The van der Waals surface area contributed by atoms with E-state index in [0.29, 0.717) is 28.4 Å². The summed E-state index contributed by atoms with van der Waals surface area (Å²) in [4.78, 5) is 16.5. The van der Waals surface area contributed by atoms with Gasteiger partial charge in [-0.2, -0.15) is 0 Å². The van der Waals surface area contributed by atoms with E-state index < -0.39 is 17.4 Å². The third-order valence-electron chi connectivity index (χ3n) is 3.03. The fraction of sp³-hybridized carbons (Fsp3) is 0.231. The number of carbonyl (C=O) groups excluding carboxylic acids is 1. The van der Waals surface area contributed by atoms with Crippen molar-refractivity contribution >= 4 is 17.1 Å². The molecule has 0 saturated carbocycles. The minimum atomic E-state index is -1.03. The molecular formula is C13H9F2NO2S. The highest BCUT2D eigenvalue weighted by Gasteiger charge is 2.23. The Balaban J connectivity index is 2.10. The number of aromatic nitrogens is 1. The Morgan fingerprint density at radius 2 is 1.89 bits per heavy atom. The Morgan fingerprint density at radius 3 is 2.53 bits per heavy atom. The summed E-state index contributed by atoms with van der Waals surface area (Å²) in [6.07, 6.45) is 1.96. The van der Waals surface area contributed by atoms with Crippen LogP contribution < -0.4 is 0 Å². The van der Waals surface area contributed by atoms with Gasteiger partial charge in [0.1, 0.15) is 5.01 Å². The predicted molar refractivity (Wildman–Crippen MR) is 66.4 cm³/mol. The molecule has 0 bridgehead atoms. The second kappa shape index (κ2) is 4.38. The summed E-state index contributed by atoms with van der Waals surface area (Å²) in [5.74, 6) is -3.03. The van der Waals surface area contributed by atoms with Gasteiger partial charge in [0.25, 0.3) is 0 Å². The van der Waals surface area contributed by atoms with E-state index in [1.807, 2.05) is 0 Å². The number of halogens is 2. The zero-order valence-electron chi connectivity index (χ0n) is 9.74. The first-order valence-electron chi connectivity index (χ1n) is 5.77. The van der Waals surface area contributed by atoms with Gasteiger partial charge in [-0.25, -0.2) is 13.8 Å². The van der Waals surface area contributed by atoms with Gasteiger partial charge in [0.15, 0.2) is 23.2 Å². The molecule has 1 aromatic heterocycles. The molecule has 0 radical (unpaired) electrons. The van der Waals surface area contributed by atoms with Gasteiger partial charge in [-0.1, -0.05) is 0 Å². The number of phenols is 1. The molecule has 1 aliphatic rings. The fourth-order valence-electron chi connectivity index (χ4n) is 2.08. The summed E-state index contributed by atoms with van der Waals surface area (Å²) < 4.78 is 26.6. The lowest BCUT2D eigenvalue weighted by molar-refractivity contribution is 0.0976. The molecule has 19 heavy (non-hydrogen) atoms. The number of hydrogen-bond donors (Lipinski definition) is 1. The molecule has 0 spiro atoms. The lowest BCUT2D eigenvalue weighted by Crippen LogP contribution is -2.07. The van der Waals surface area contributed by atoms with Gasteiger partial charge >= 0.3 is 0 Å². The van der Waals surface area contributed by atoms with Gasteiger partial charge in [0.2, 0.25) is 0 Å². The summed E-state index contributed by atoms with van der Waals surface area (Å²) in [6, 6.07) is 2.04. The number of nitrogens with zero attached hydrogens (tertiary/aromatic N) is 1. The fourth-order valence-corrected chi connectivity index (χ4v) is 3.15. The Hall–Kier alpha value is -1.82. The molecule has 1 N–H and O–H groups in total. The minimum Gasteiger partial charge on any atom is -0.503 e. The number of aromatic hydroxyl groups is 1. The molecule has 0 atom stereocenters. The van der Waals surface area contributed by atoms with Gasteiger partial charge in [-0.05, 0) is 25.0 Å². The van der Waals surface area contributed by atoms with E-state index in [-0.39, 0.29) is 11.3 Å². The van der Waals surface area contributed by atoms with Crippen LogP contribution in [-0.2, 0) is 6.42 Å². The number of aryl methyl sites for hydroxylation is 1. The number of thiazole rings is 1. The minimum absolute atomic E-state index is 0.0322. The Labute approximate surface area is 111 Å². The maximum Gasteiger partial charge on any atom is 0.187 e. The SMILES string of the molecule is O=C1CCCc2nc(-c3cc(F)c(O)c(F)c3)sc21. The maximum atomic E-state index is 13.3. The molecule has 0 saturated heterocycles. The molecule has 1 aromatic carbocycles. The van der Waals surface area contributed by atoms with Crippen molar-refractivity contribution in [1.82, 2.24) is 4.98 Å². The molecule has 0 aliphatic heterocycles. The monoisotopic (exact) mass is 281 g/mol. The number of Topliss-reactive ketones (excluding diaryl/α,β-unsaturated/α-hetero) is 1. The quantitative estimate of drug-likeness (QED) is 0.872. The lowest BCUT2D eigenvalue weighted by Gasteiger charge is -2.06. The summed E-state index contributed by atoms with van der Waals surface area (Å²) in [6.45, 7) is 0. The van der Waals surface area contributed by atoms with Crippen LogP contribution in [-0.4, -0.2) is 15.9 Å². The van der Waals surface area contributed by atoms with Crippen LogP contribution in [0.25, 0.3) is 10.6 Å². The van der Waals surface area contributed by atoms with Crippen LogP contribution in [0.4, 0.5) is 8.78 Å². The van der Waals surface area contributed by atoms with Crippen LogP contribution in [0.3, 0.4) is 0 Å². The second-order valence-electron chi connectivity index (χ2n) is 4.36. The predicted octanol–water partition coefficient (Wildman–Crippen LogP) is 3.31. The standard InChI is InChI=1S/C13H9F2NO2S/c14-7-4-6(5-8(15)11(7)18)13-16-9-2-1-3-10(17)12(9)19-13/h4-5,18H,1-3H2. The first kappa shape index (κ1) is 12.2. The van der Waals surface area contributed by atoms with Crippen LogP contribution in [0.15, 0.2) is 12.1 Å². The molecule has 1 heterocycles. The van der Waals surface area contributed by atoms with E-state index in [9.17, 15) is 13.6 Å². The van der Waals surface area contributed by atoms with E-state index in [4.69, 9.17) is 5.11 Å². The van der Waals surface area contributed by atoms with Crippen LogP contribution in [0, 0.1) is 11.6 Å². The van der Waals surface area contributed by atoms with Crippen molar-refractivity contribution in [2.75, 3.05) is 0 Å². The highest BCUT2D eigenvalue weighted by Crippen LogP contribution is 2.34. The van der Waals surface area contributed by atoms with Crippen LogP contribution >= 0.6 is 11.3 Å². The Kier molecular flexibility index (Phi) is 2.82. The summed E-state index contributed by atoms with van der Waals surface area (Å²) in [7, 11) is 0. The highest BCUT2D eigenvalue weighted by molar-refractivity contribution is 7.17. The number of ketones is 1. The number of benzene rings is 1. The zero-order chi connectivity index (χ0) is 13.6. The first-order chi connectivity index (χ1) is 9.06. The summed E-state index contributed by atoms with van der Waals surface area (Å²) >= 11 is 1.14. The van der Waals surface area contributed by atoms with Gasteiger partial charge in [0.05, 0.1) is 10.6 Å². The number of phenolic OH excluding ortho intramolecular Hbond substituents is 1.